The Labute approximate surface area is 201 Å². The number of carbonyl (C=O) groups is 2. The number of Topliss-reactive ketones (excluding diaryl/α,β-unsaturated/α-hetero) is 1. The van der Waals surface area contributed by atoms with Gasteiger partial charge in [0.1, 0.15) is 6.10 Å². The topological polar surface area (TPSA) is 78.0 Å². The number of aromatic nitrogens is 1. The minimum absolute atomic E-state index is 0.0608. The first-order valence-corrected chi connectivity index (χ1v) is 12.5. The van der Waals surface area contributed by atoms with E-state index in [1.807, 2.05) is 25.1 Å². The van der Waals surface area contributed by atoms with Crippen LogP contribution in [-0.2, 0) is 14.3 Å². The van der Waals surface area contributed by atoms with Gasteiger partial charge in [0.2, 0.25) is 0 Å². The van der Waals surface area contributed by atoms with Gasteiger partial charge in [0, 0.05) is 17.0 Å². The van der Waals surface area contributed by atoms with Crippen LogP contribution in [0.4, 0.5) is 5.13 Å². The second kappa shape index (κ2) is 8.99. The number of nitrogens with zero attached hydrogens (tertiary/aromatic N) is 2. The fourth-order valence-corrected chi connectivity index (χ4v) is 5.83. The molecule has 2 aromatic rings. The molecule has 7 nitrogen and oxygen atoms in total. The average molecular weight is 489 g/mol. The SMILES string of the molecule is CCCOc1ccc(C2C3=C(OC4CCC(Cl)CC4C3=O)C(=O)N2c2nccs2)cc1OC. The summed E-state index contributed by atoms with van der Waals surface area (Å²) in [7, 11) is 1.57. The number of amides is 1. The van der Waals surface area contributed by atoms with Crippen molar-refractivity contribution in [3.8, 4) is 11.5 Å². The van der Waals surface area contributed by atoms with Gasteiger partial charge in [-0.15, -0.1) is 22.9 Å². The first-order chi connectivity index (χ1) is 16.0. The van der Waals surface area contributed by atoms with Crippen molar-refractivity contribution in [1.29, 1.82) is 0 Å². The van der Waals surface area contributed by atoms with E-state index in [0.29, 0.717) is 41.7 Å². The lowest BCUT2D eigenvalue weighted by Gasteiger charge is -2.37. The molecular weight excluding hydrogens is 464 g/mol. The van der Waals surface area contributed by atoms with Crippen LogP contribution in [0.5, 0.6) is 11.5 Å². The molecule has 1 saturated carbocycles. The lowest BCUT2D eigenvalue weighted by Crippen LogP contribution is -2.41. The van der Waals surface area contributed by atoms with Crippen molar-refractivity contribution in [3.63, 3.8) is 0 Å². The van der Waals surface area contributed by atoms with Crippen molar-refractivity contribution in [1.82, 2.24) is 4.98 Å². The number of hydrogen-bond donors (Lipinski definition) is 0. The highest BCUT2D eigenvalue weighted by Crippen LogP contribution is 2.49. The molecule has 0 saturated heterocycles. The average Bonchev–Trinajstić information content (AvgIpc) is 3.45. The third-order valence-electron chi connectivity index (χ3n) is 6.37. The Morgan fingerprint density at radius 2 is 2.12 bits per heavy atom. The Bertz CT molecular complexity index is 1100. The van der Waals surface area contributed by atoms with E-state index in [1.54, 1.807) is 23.6 Å². The highest BCUT2D eigenvalue weighted by Gasteiger charge is 2.53. The standard InChI is InChI=1S/C24H25ClN2O5S/c1-3-9-31-17-6-4-13(11-18(17)30-2)20-19-21(28)15-12-14(25)5-7-16(15)32-22(19)23(29)27(20)24-26-8-10-33-24/h4,6,8,10-11,14-16,20H,3,5,7,9,12H2,1-2H3. The maximum Gasteiger partial charge on any atom is 0.296 e. The predicted molar refractivity (Wildman–Crippen MR) is 125 cm³/mol. The number of ether oxygens (including phenoxy) is 3. The third-order valence-corrected chi connectivity index (χ3v) is 7.54. The monoisotopic (exact) mass is 488 g/mol. The molecule has 1 fully saturated rings. The van der Waals surface area contributed by atoms with Crippen LogP contribution < -0.4 is 14.4 Å². The summed E-state index contributed by atoms with van der Waals surface area (Å²) >= 11 is 7.74. The lowest BCUT2D eigenvalue weighted by molar-refractivity contribution is -0.131. The van der Waals surface area contributed by atoms with Gasteiger partial charge in [0.15, 0.2) is 28.2 Å². The van der Waals surface area contributed by atoms with E-state index >= 15 is 0 Å². The second-order valence-corrected chi connectivity index (χ2v) is 9.92. The normalized spacial score (nSPS) is 26.7. The highest BCUT2D eigenvalue weighted by molar-refractivity contribution is 7.13. The summed E-state index contributed by atoms with van der Waals surface area (Å²) in [5.41, 5.74) is 1.12. The molecule has 0 bridgehead atoms. The second-order valence-electron chi connectivity index (χ2n) is 8.43. The van der Waals surface area contributed by atoms with Gasteiger partial charge >= 0.3 is 0 Å². The van der Waals surface area contributed by atoms with Gasteiger partial charge in [0.05, 0.1) is 31.2 Å². The number of fused-ring (bicyclic) bond motifs is 1. The van der Waals surface area contributed by atoms with Crippen molar-refractivity contribution in [3.05, 3.63) is 46.7 Å². The number of alkyl halides is 1. The van der Waals surface area contributed by atoms with Gasteiger partial charge in [0.25, 0.3) is 5.91 Å². The number of ketones is 1. The number of hydrogen-bond acceptors (Lipinski definition) is 7. The van der Waals surface area contributed by atoms with E-state index in [2.05, 4.69) is 4.98 Å². The van der Waals surface area contributed by atoms with Gasteiger partial charge < -0.3 is 14.2 Å². The summed E-state index contributed by atoms with van der Waals surface area (Å²) in [5, 5.41) is 2.25. The quantitative estimate of drug-likeness (QED) is 0.550. The predicted octanol–water partition coefficient (Wildman–Crippen LogP) is 4.66. The van der Waals surface area contributed by atoms with Gasteiger partial charge in [-0.05, 0) is 43.4 Å². The first kappa shape index (κ1) is 22.2. The van der Waals surface area contributed by atoms with Crippen molar-refractivity contribution in [2.45, 2.75) is 50.1 Å². The van der Waals surface area contributed by atoms with Crippen LogP contribution >= 0.6 is 22.9 Å². The zero-order valence-electron chi connectivity index (χ0n) is 18.5. The molecule has 0 radical (unpaired) electrons. The summed E-state index contributed by atoms with van der Waals surface area (Å²) in [6.45, 7) is 2.59. The van der Waals surface area contributed by atoms with Crippen molar-refractivity contribution >= 4 is 39.8 Å². The van der Waals surface area contributed by atoms with Gasteiger partial charge in [-0.25, -0.2) is 4.98 Å². The van der Waals surface area contributed by atoms with Crippen LogP contribution in [0.25, 0.3) is 0 Å². The fraction of sp³-hybridized carbons (Fsp3) is 0.458. The number of carbonyl (C=O) groups excluding carboxylic acids is 2. The Kier molecular flexibility index (Phi) is 6.05. The molecule has 33 heavy (non-hydrogen) atoms. The molecular formula is C24H25ClN2O5S. The van der Waals surface area contributed by atoms with Crippen LogP contribution in [0.15, 0.2) is 41.1 Å². The molecule has 174 valence electrons. The van der Waals surface area contributed by atoms with Gasteiger partial charge in [-0.2, -0.15) is 0 Å². The Hall–Kier alpha value is -2.58. The first-order valence-electron chi connectivity index (χ1n) is 11.2. The van der Waals surface area contributed by atoms with Crippen molar-refractivity contribution in [2.75, 3.05) is 18.6 Å². The summed E-state index contributed by atoms with van der Waals surface area (Å²) in [4.78, 5) is 33.2. The number of rotatable bonds is 6. The van der Waals surface area contributed by atoms with Crippen LogP contribution in [0, 0.1) is 5.92 Å². The lowest BCUT2D eigenvalue weighted by atomic mass is 9.77. The molecule has 0 N–H and O–H groups in total. The fourth-order valence-electron chi connectivity index (χ4n) is 4.85. The van der Waals surface area contributed by atoms with Crippen LogP contribution in [-0.4, -0.2) is 41.9 Å². The zero-order chi connectivity index (χ0) is 23.1. The highest BCUT2D eigenvalue weighted by atomic mass is 35.5. The Balaban J connectivity index is 1.60. The number of halogens is 1. The minimum Gasteiger partial charge on any atom is -0.493 e. The molecule has 3 aliphatic rings. The van der Waals surface area contributed by atoms with E-state index in [-0.39, 0.29) is 34.8 Å². The zero-order valence-corrected chi connectivity index (χ0v) is 20.0. The van der Waals surface area contributed by atoms with Gasteiger partial charge in [-0.3, -0.25) is 14.5 Å². The molecule has 5 rings (SSSR count). The maximum absolute atomic E-state index is 13.7. The third kappa shape index (κ3) is 3.79. The molecule has 1 amide bonds. The van der Waals surface area contributed by atoms with Crippen LogP contribution in [0.1, 0.15) is 44.2 Å². The molecule has 0 spiro atoms. The van der Waals surface area contributed by atoms with E-state index in [4.69, 9.17) is 25.8 Å². The van der Waals surface area contributed by atoms with Crippen molar-refractivity contribution < 1.29 is 23.8 Å². The smallest absolute Gasteiger partial charge is 0.296 e. The number of benzene rings is 1. The molecule has 3 heterocycles. The van der Waals surface area contributed by atoms with Crippen molar-refractivity contribution in [2.24, 2.45) is 5.92 Å². The molecule has 4 atom stereocenters. The van der Waals surface area contributed by atoms with E-state index in [1.165, 1.54) is 11.3 Å². The Morgan fingerprint density at radius 1 is 1.27 bits per heavy atom. The molecule has 4 unspecified atom stereocenters. The summed E-state index contributed by atoms with van der Waals surface area (Å²) in [6, 6.07) is 4.85. The summed E-state index contributed by atoms with van der Waals surface area (Å²) in [6.07, 6.45) is 4.17. The number of methoxy groups -OCH3 is 1. The van der Waals surface area contributed by atoms with E-state index in [0.717, 1.165) is 18.4 Å². The van der Waals surface area contributed by atoms with Gasteiger partial charge in [-0.1, -0.05) is 13.0 Å². The van der Waals surface area contributed by atoms with E-state index < -0.39 is 6.04 Å². The molecule has 1 aromatic heterocycles. The summed E-state index contributed by atoms with van der Waals surface area (Å²) < 4.78 is 17.5. The number of thiazole rings is 1. The minimum atomic E-state index is -0.656. The number of anilines is 1. The Morgan fingerprint density at radius 3 is 2.85 bits per heavy atom. The summed E-state index contributed by atoms with van der Waals surface area (Å²) in [5.74, 6) is 0.553. The maximum atomic E-state index is 13.7. The van der Waals surface area contributed by atoms with Crippen LogP contribution in [0.2, 0.25) is 0 Å². The molecule has 1 aromatic carbocycles. The van der Waals surface area contributed by atoms with Crippen LogP contribution in [0.3, 0.4) is 0 Å². The largest absolute Gasteiger partial charge is 0.493 e. The molecule has 1 aliphatic carbocycles. The van der Waals surface area contributed by atoms with E-state index in [9.17, 15) is 9.59 Å². The molecule has 2 aliphatic heterocycles. The molecule has 9 heteroatoms.